The summed E-state index contributed by atoms with van der Waals surface area (Å²) in [6, 6.07) is 21.4. The van der Waals surface area contributed by atoms with Gasteiger partial charge >= 0.3 is 0 Å². The second-order valence-electron chi connectivity index (χ2n) is 8.93. The number of benzene rings is 2. The summed E-state index contributed by atoms with van der Waals surface area (Å²) >= 11 is 0. The van der Waals surface area contributed by atoms with E-state index in [1.54, 1.807) is 0 Å². The van der Waals surface area contributed by atoms with Gasteiger partial charge in [-0.15, -0.1) is 0 Å². The molecule has 3 aromatic rings. The number of hydrogen-bond acceptors (Lipinski definition) is 4. The normalized spacial score (nSPS) is 17.7. The van der Waals surface area contributed by atoms with Gasteiger partial charge in [0, 0.05) is 30.6 Å². The lowest BCUT2D eigenvalue weighted by atomic mass is 9.85. The number of hydrogen-bond donors (Lipinski definition) is 1. The molecule has 1 aliphatic heterocycles. The summed E-state index contributed by atoms with van der Waals surface area (Å²) < 4.78 is 0. The van der Waals surface area contributed by atoms with Crippen molar-refractivity contribution in [3.05, 3.63) is 83.0 Å². The van der Waals surface area contributed by atoms with Crippen LogP contribution >= 0.6 is 0 Å². The average molecular weight is 385 g/mol. The Morgan fingerprint density at radius 2 is 1.69 bits per heavy atom. The van der Waals surface area contributed by atoms with Crippen molar-refractivity contribution in [2.45, 2.75) is 57.7 Å². The molecule has 0 radical (unpaired) electrons. The molecule has 0 atom stereocenters. The molecular weight excluding hydrogens is 356 g/mol. The molecule has 4 nitrogen and oxygen atoms in total. The van der Waals surface area contributed by atoms with Gasteiger partial charge in [0.05, 0.1) is 5.69 Å². The Morgan fingerprint density at radius 3 is 2.45 bits per heavy atom. The smallest absolute Gasteiger partial charge is 0.225 e. The summed E-state index contributed by atoms with van der Waals surface area (Å²) in [6.07, 6.45) is 3.50. The second-order valence-corrected chi connectivity index (χ2v) is 8.93. The number of rotatable bonds is 5. The van der Waals surface area contributed by atoms with Gasteiger partial charge in [0.25, 0.3) is 0 Å². The van der Waals surface area contributed by atoms with E-state index in [1.807, 2.05) is 6.07 Å². The number of nitrogens with zero attached hydrogens (tertiary/aromatic N) is 3. The lowest BCUT2D eigenvalue weighted by Crippen LogP contribution is -2.49. The molecule has 0 amide bonds. The minimum absolute atomic E-state index is 0.0141. The predicted octanol–water partition coefficient (Wildman–Crippen LogP) is 5.31. The highest BCUT2D eigenvalue weighted by molar-refractivity contribution is 5.52. The van der Waals surface area contributed by atoms with Gasteiger partial charge in [-0.3, -0.25) is 0 Å². The summed E-state index contributed by atoms with van der Waals surface area (Å²) in [5, 5.41) is 3.46. The number of aromatic nitrogens is 2. The minimum atomic E-state index is 0.0141. The zero-order valence-electron chi connectivity index (χ0n) is 17.2. The fraction of sp³-hybridized carbons (Fsp3) is 0.360. The van der Waals surface area contributed by atoms with Crippen LogP contribution in [0.2, 0.25) is 0 Å². The fourth-order valence-corrected chi connectivity index (χ4v) is 4.26. The van der Waals surface area contributed by atoms with Gasteiger partial charge < -0.3 is 10.2 Å². The zero-order valence-corrected chi connectivity index (χ0v) is 17.2. The first-order valence-corrected chi connectivity index (χ1v) is 10.6. The summed E-state index contributed by atoms with van der Waals surface area (Å²) in [5.41, 5.74) is 5.28. The quantitative estimate of drug-likeness (QED) is 0.647. The summed E-state index contributed by atoms with van der Waals surface area (Å²) in [6.45, 7) is 6.26. The van der Waals surface area contributed by atoms with Crippen LogP contribution in [0, 0.1) is 0 Å². The Hall–Kier alpha value is -2.88. The van der Waals surface area contributed by atoms with Crippen LogP contribution in [0.5, 0.6) is 0 Å². The zero-order chi connectivity index (χ0) is 19.8. The first-order chi connectivity index (χ1) is 14.1. The predicted molar refractivity (Wildman–Crippen MR) is 118 cm³/mol. The second kappa shape index (κ2) is 7.18. The maximum atomic E-state index is 4.95. The molecular formula is C25H28N4. The molecule has 0 unspecified atom stereocenters. The summed E-state index contributed by atoms with van der Waals surface area (Å²) in [7, 11) is 0. The van der Waals surface area contributed by atoms with Crippen molar-refractivity contribution in [2.24, 2.45) is 0 Å². The molecule has 1 aliphatic carbocycles. The molecule has 4 heteroatoms. The van der Waals surface area contributed by atoms with Gasteiger partial charge in [-0.1, -0.05) is 54.6 Å². The first-order valence-electron chi connectivity index (χ1n) is 10.6. The van der Waals surface area contributed by atoms with E-state index in [0.29, 0.717) is 5.92 Å². The van der Waals surface area contributed by atoms with E-state index in [1.165, 1.54) is 35.2 Å². The van der Waals surface area contributed by atoms with Gasteiger partial charge in [0.15, 0.2) is 0 Å². The van der Waals surface area contributed by atoms with E-state index in [9.17, 15) is 0 Å². The minimum Gasteiger partial charge on any atom is -0.350 e. The maximum Gasteiger partial charge on any atom is 0.225 e. The highest BCUT2D eigenvalue weighted by Crippen LogP contribution is 2.41. The molecule has 1 fully saturated rings. The van der Waals surface area contributed by atoms with E-state index in [4.69, 9.17) is 9.97 Å². The van der Waals surface area contributed by atoms with Gasteiger partial charge in [-0.25, -0.2) is 4.98 Å². The van der Waals surface area contributed by atoms with Gasteiger partial charge in [-0.2, -0.15) is 4.98 Å². The molecule has 2 aromatic carbocycles. The van der Waals surface area contributed by atoms with Crippen LogP contribution in [0.15, 0.2) is 60.7 Å². The molecule has 1 N–H and O–H groups in total. The summed E-state index contributed by atoms with van der Waals surface area (Å²) in [5.74, 6) is 2.37. The Bertz CT molecular complexity index is 1010. The van der Waals surface area contributed by atoms with E-state index in [2.05, 4.69) is 78.7 Å². The Morgan fingerprint density at radius 1 is 0.966 bits per heavy atom. The van der Waals surface area contributed by atoms with Crippen molar-refractivity contribution in [2.75, 3.05) is 10.2 Å². The molecule has 5 rings (SSSR count). The monoisotopic (exact) mass is 384 g/mol. The van der Waals surface area contributed by atoms with Crippen LogP contribution in [0.25, 0.3) is 0 Å². The van der Waals surface area contributed by atoms with Crippen molar-refractivity contribution in [3.63, 3.8) is 0 Å². The van der Waals surface area contributed by atoms with E-state index in [0.717, 1.165) is 31.3 Å². The molecule has 2 heterocycles. The third kappa shape index (κ3) is 3.84. The molecule has 0 bridgehead atoms. The van der Waals surface area contributed by atoms with Crippen molar-refractivity contribution >= 4 is 11.8 Å². The first kappa shape index (κ1) is 18.2. The lowest BCUT2D eigenvalue weighted by Gasteiger charge is -2.44. The van der Waals surface area contributed by atoms with Crippen molar-refractivity contribution in [1.29, 1.82) is 0 Å². The number of anilines is 2. The standard InChI is InChI=1S/C25H28N4/c1-25(2)15-20-10-6-7-11-21(20)17-29(25)23-14-22(19-12-13-19)27-24(28-23)26-16-18-8-4-3-5-9-18/h3-11,14,19H,12-13,15-17H2,1-2H3,(H,26,27,28). The van der Waals surface area contributed by atoms with Crippen LogP contribution in [0.3, 0.4) is 0 Å². The average Bonchev–Trinajstić information content (AvgIpc) is 3.57. The largest absolute Gasteiger partial charge is 0.350 e. The lowest BCUT2D eigenvalue weighted by molar-refractivity contribution is 0.427. The van der Waals surface area contributed by atoms with Gasteiger partial charge in [0.2, 0.25) is 5.95 Å². The molecule has 1 saturated carbocycles. The van der Waals surface area contributed by atoms with Crippen LogP contribution < -0.4 is 10.2 Å². The Labute approximate surface area is 173 Å². The van der Waals surface area contributed by atoms with E-state index in [-0.39, 0.29) is 5.54 Å². The topological polar surface area (TPSA) is 41.1 Å². The third-order valence-electron chi connectivity index (χ3n) is 6.10. The van der Waals surface area contributed by atoms with Crippen LogP contribution in [0.4, 0.5) is 11.8 Å². The summed E-state index contributed by atoms with van der Waals surface area (Å²) in [4.78, 5) is 12.3. The molecule has 148 valence electrons. The van der Waals surface area contributed by atoms with Crippen LogP contribution in [0.1, 0.15) is 55.0 Å². The molecule has 2 aliphatic rings. The number of fused-ring (bicyclic) bond motifs is 1. The van der Waals surface area contributed by atoms with Crippen molar-refractivity contribution in [3.8, 4) is 0 Å². The molecule has 29 heavy (non-hydrogen) atoms. The Kier molecular flexibility index (Phi) is 4.50. The van der Waals surface area contributed by atoms with Crippen LogP contribution in [-0.2, 0) is 19.5 Å². The highest BCUT2D eigenvalue weighted by atomic mass is 15.3. The van der Waals surface area contributed by atoms with Gasteiger partial charge in [-0.05, 0) is 49.8 Å². The maximum absolute atomic E-state index is 4.95. The number of nitrogens with one attached hydrogen (secondary N) is 1. The third-order valence-corrected chi connectivity index (χ3v) is 6.10. The van der Waals surface area contributed by atoms with E-state index >= 15 is 0 Å². The molecule has 0 spiro atoms. The highest BCUT2D eigenvalue weighted by Gasteiger charge is 2.35. The van der Waals surface area contributed by atoms with E-state index < -0.39 is 0 Å². The van der Waals surface area contributed by atoms with Crippen LogP contribution in [-0.4, -0.2) is 15.5 Å². The Balaban J connectivity index is 1.46. The van der Waals surface area contributed by atoms with Gasteiger partial charge in [0.1, 0.15) is 5.82 Å². The molecule has 1 aromatic heterocycles. The molecule has 0 saturated heterocycles. The SMILES string of the molecule is CC1(C)Cc2ccccc2CN1c1cc(C2CC2)nc(NCc2ccccc2)n1. The van der Waals surface area contributed by atoms with Crippen molar-refractivity contribution < 1.29 is 0 Å². The van der Waals surface area contributed by atoms with Crippen molar-refractivity contribution in [1.82, 2.24) is 9.97 Å². The fourth-order valence-electron chi connectivity index (χ4n) is 4.26.